The van der Waals surface area contributed by atoms with E-state index in [1.54, 1.807) is 20.2 Å². The maximum Gasteiger partial charge on any atom is 0.431 e. The van der Waals surface area contributed by atoms with Crippen molar-refractivity contribution in [1.29, 1.82) is 0 Å². The standard InChI is InChI=1S/C19H20F5N3O/c1-25-17(28)9-6-11-10-4-3-5-13-15(10)12(7-14(11)26(2)8-9)16(19(22,23)24)27(13)18(20)21/h3-5,9,11,14,18H,6-8H2,1-2H3,(H,25,28). The summed E-state index contributed by atoms with van der Waals surface area (Å²) in [5, 5.41) is 2.89. The fraction of sp³-hybridized carbons (Fsp3) is 0.526. The number of fused-ring (bicyclic) bond motifs is 2. The molecular formula is C19H20F5N3O. The first kappa shape index (κ1) is 19.2. The molecule has 1 aromatic carbocycles. The minimum absolute atomic E-state index is 0.0315. The zero-order chi connectivity index (χ0) is 20.4. The Kier molecular flexibility index (Phi) is 4.41. The maximum atomic E-state index is 13.8. The summed E-state index contributed by atoms with van der Waals surface area (Å²) in [6.45, 7) is -2.87. The van der Waals surface area contributed by atoms with E-state index in [4.69, 9.17) is 0 Å². The van der Waals surface area contributed by atoms with Gasteiger partial charge in [0, 0.05) is 30.9 Å². The molecule has 3 unspecified atom stereocenters. The van der Waals surface area contributed by atoms with Gasteiger partial charge >= 0.3 is 12.7 Å². The lowest BCUT2D eigenvalue weighted by Crippen LogP contribution is -2.51. The minimum Gasteiger partial charge on any atom is -0.359 e. The first-order valence-electron chi connectivity index (χ1n) is 9.08. The van der Waals surface area contributed by atoms with Crippen LogP contribution >= 0.6 is 0 Å². The fourth-order valence-corrected chi connectivity index (χ4v) is 5.05. The van der Waals surface area contributed by atoms with Crippen LogP contribution < -0.4 is 5.32 Å². The number of halogens is 5. The third-order valence-electron chi connectivity index (χ3n) is 6.13. The predicted octanol–water partition coefficient (Wildman–Crippen LogP) is 3.76. The Hall–Kier alpha value is -2.16. The van der Waals surface area contributed by atoms with Gasteiger partial charge in [-0.3, -0.25) is 9.36 Å². The highest BCUT2D eigenvalue weighted by Gasteiger charge is 2.47. The van der Waals surface area contributed by atoms with Crippen LogP contribution in [0, 0.1) is 5.92 Å². The molecule has 4 rings (SSSR count). The summed E-state index contributed by atoms with van der Waals surface area (Å²) in [5.41, 5.74) is -0.804. The van der Waals surface area contributed by atoms with Crippen molar-refractivity contribution in [3.8, 4) is 0 Å². The normalized spacial score (nSPS) is 25.2. The first-order valence-corrected chi connectivity index (χ1v) is 9.08. The Labute approximate surface area is 158 Å². The number of rotatable bonds is 2. The molecular weight excluding hydrogens is 381 g/mol. The van der Waals surface area contributed by atoms with Gasteiger partial charge in [0.25, 0.3) is 0 Å². The fourth-order valence-electron chi connectivity index (χ4n) is 5.05. The summed E-state index contributed by atoms with van der Waals surface area (Å²) in [7, 11) is 3.32. The lowest BCUT2D eigenvalue weighted by molar-refractivity contribution is -0.148. The largest absolute Gasteiger partial charge is 0.431 e. The van der Waals surface area contributed by atoms with E-state index < -0.39 is 18.4 Å². The second-order valence-corrected chi connectivity index (χ2v) is 7.58. The van der Waals surface area contributed by atoms with Crippen molar-refractivity contribution in [1.82, 2.24) is 14.8 Å². The number of amides is 1. The molecule has 0 spiro atoms. The van der Waals surface area contributed by atoms with Crippen LogP contribution in [0.4, 0.5) is 22.0 Å². The van der Waals surface area contributed by atoms with Gasteiger partial charge in [-0.15, -0.1) is 0 Å². The maximum absolute atomic E-state index is 13.8. The van der Waals surface area contributed by atoms with Gasteiger partial charge in [-0.05, 0) is 37.1 Å². The van der Waals surface area contributed by atoms with Gasteiger partial charge in [0.1, 0.15) is 5.69 Å². The van der Waals surface area contributed by atoms with E-state index in [-0.39, 0.29) is 51.2 Å². The monoisotopic (exact) mass is 401 g/mol. The number of hydrogen-bond donors (Lipinski definition) is 1. The minimum atomic E-state index is -4.88. The van der Waals surface area contributed by atoms with E-state index in [0.29, 0.717) is 18.5 Å². The average molecular weight is 401 g/mol. The van der Waals surface area contributed by atoms with Gasteiger partial charge in [0.05, 0.1) is 11.4 Å². The number of piperidine rings is 1. The molecule has 3 atom stereocenters. The third-order valence-corrected chi connectivity index (χ3v) is 6.13. The zero-order valence-corrected chi connectivity index (χ0v) is 15.4. The Balaban J connectivity index is 1.95. The summed E-state index contributed by atoms with van der Waals surface area (Å²) in [5.74, 6) is -0.608. The van der Waals surface area contributed by atoms with Gasteiger partial charge in [-0.2, -0.15) is 22.0 Å². The number of nitrogens with one attached hydrogen (secondary N) is 1. The molecule has 9 heteroatoms. The van der Waals surface area contributed by atoms with Crippen LogP contribution in [-0.2, 0) is 17.4 Å². The van der Waals surface area contributed by atoms with Gasteiger partial charge in [-0.1, -0.05) is 12.1 Å². The van der Waals surface area contributed by atoms with Crippen LogP contribution in [0.15, 0.2) is 18.2 Å². The summed E-state index contributed by atoms with van der Waals surface area (Å²) in [4.78, 5) is 14.0. The van der Waals surface area contributed by atoms with Crippen molar-refractivity contribution >= 4 is 16.8 Å². The number of likely N-dealkylation sites (N-methyl/N-ethyl adjacent to an activating group) is 1. The average Bonchev–Trinajstić information content (AvgIpc) is 2.98. The SMILES string of the molecule is CNC(=O)C1CC2c3cccc4c3c(c(C(F)(F)F)n4C(F)F)CC2N(C)C1. The molecule has 0 bridgehead atoms. The van der Waals surface area contributed by atoms with Gasteiger partial charge in [0.2, 0.25) is 5.91 Å². The van der Waals surface area contributed by atoms with Crippen molar-refractivity contribution in [2.75, 3.05) is 20.6 Å². The summed E-state index contributed by atoms with van der Waals surface area (Å²) in [6, 6.07) is 4.27. The lowest BCUT2D eigenvalue weighted by Gasteiger charge is -2.45. The molecule has 2 aliphatic rings. The van der Waals surface area contributed by atoms with Gasteiger partial charge in [-0.25, -0.2) is 0 Å². The first-order chi connectivity index (χ1) is 13.1. The molecule has 28 heavy (non-hydrogen) atoms. The topological polar surface area (TPSA) is 37.3 Å². The van der Waals surface area contributed by atoms with Crippen LogP contribution in [0.25, 0.3) is 10.9 Å². The molecule has 0 saturated carbocycles. The van der Waals surface area contributed by atoms with E-state index in [2.05, 4.69) is 5.32 Å². The Morgan fingerprint density at radius 2 is 2.00 bits per heavy atom. The van der Waals surface area contributed by atoms with E-state index in [1.807, 2.05) is 4.90 Å². The highest BCUT2D eigenvalue weighted by atomic mass is 19.4. The molecule has 0 radical (unpaired) electrons. The van der Waals surface area contributed by atoms with Crippen molar-refractivity contribution in [3.05, 3.63) is 35.0 Å². The Morgan fingerprint density at radius 3 is 2.61 bits per heavy atom. The Bertz CT molecular complexity index is 936. The number of carbonyl (C=O) groups excluding carboxylic acids is 1. The quantitative estimate of drug-likeness (QED) is 0.779. The number of aromatic nitrogens is 1. The molecule has 1 aliphatic carbocycles. The van der Waals surface area contributed by atoms with Crippen LogP contribution in [0.3, 0.4) is 0 Å². The van der Waals surface area contributed by atoms with Crippen molar-refractivity contribution in [3.63, 3.8) is 0 Å². The van der Waals surface area contributed by atoms with E-state index in [9.17, 15) is 26.7 Å². The highest BCUT2D eigenvalue weighted by Crippen LogP contribution is 2.50. The zero-order valence-electron chi connectivity index (χ0n) is 15.4. The smallest absolute Gasteiger partial charge is 0.359 e. The predicted molar refractivity (Wildman–Crippen MR) is 93.2 cm³/mol. The molecule has 1 saturated heterocycles. The van der Waals surface area contributed by atoms with Crippen LogP contribution in [-0.4, -0.2) is 42.1 Å². The van der Waals surface area contributed by atoms with Crippen molar-refractivity contribution in [2.45, 2.75) is 37.5 Å². The Morgan fingerprint density at radius 1 is 1.29 bits per heavy atom. The molecule has 2 aromatic rings. The highest BCUT2D eigenvalue weighted by molar-refractivity contribution is 5.91. The number of carbonyl (C=O) groups is 1. The second kappa shape index (κ2) is 6.43. The number of alkyl halides is 5. The van der Waals surface area contributed by atoms with Crippen molar-refractivity contribution in [2.24, 2.45) is 5.92 Å². The molecule has 152 valence electrons. The molecule has 1 N–H and O–H groups in total. The molecule has 1 amide bonds. The van der Waals surface area contributed by atoms with E-state index in [1.165, 1.54) is 12.1 Å². The van der Waals surface area contributed by atoms with Crippen molar-refractivity contribution < 1.29 is 26.7 Å². The van der Waals surface area contributed by atoms with E-state index >= 15 is 0 Å². The molecule has 1 aromatic heterocycles. The molecule has 4 nitrogen and oxygen atoms in total. The third kappa shape index (κ3) is 2.70. The van der Waals surface area contributed by atoms with E-state index in [0.717, 1.165) is 0 Å². The number of likely N-dealkylation sites (tertiary alicyclic amines) is 1. The molecule has 2 heterocycles. The second-order valence-electron chi connectivity index (χ2n) is 7.58. The summed E-state index contributed by atoms with van der Waals surface area (Å²) >= 11 is 0. The molecule has 1 aliphatic heterocycles. The number of nitrogens with zero attached hydrogens (tertiary/aromatic N) is 2. The summed E-state index contributed by atoms with van der Waals surface area (Å²) in [6.07, 6.45) is -4.37. The van der Waals surface area contributed by atoms with Gasteiger partial charge in [0.15, 0.2) is 0 Å². The van der Waals surface area contributed by atoms with Crippen LogP contribution in [0.5, 0.6) is 0 Å². The van der Waals surface area contributed by atoms with Crippen LogP contribution in [0.2, 0.25) is 0 Å². The number of hydrogen-bond acceptors (Lipinski definition) is 2. The van der Waals surface area contributed by atoms with Crippen LogP contribution in [0.1, 0.15) is 35.7 Å². The van der Waals surface area contributed by atoms with Gasteiger partial charge < -0.3 is 10.2 Å². The number of benzene rings is 1. The molecule has 1 fully saturated rings. The lowest BCUT2D eigenvalue weighted by atomic mass is 9.72. The summed E-state index contributed by atoms with van der Waals surface area (Å²) < 4.78 is 68.7.